The molecule has 0 amide bonds. The van der Waals surface area contributed by atoms with Crippen LogP contribution in [0.5, 0.6) is 5.75 Å². The molecule has 178 valence electrons. The fourth-order valence-corrected chi connectivity index (χ4v) is 5.39. The van der Waals surface area contributed by atoms with Crippen LogP contribution in [-0.4, -0.2) is 48.0 Å². The molecule has 0 fully saturated rings. The van der Waals surface area contributed by atoms with E-state index in [9.17, 15) is 8.42 Å². The summed E-state index contributed by atoms with van der Waals surface area (Å²) in [5, 5.41) is 5.07. The van der Waals surface area contributed by atoms with Crippen LogP contribution in [0.25, 0.3) is 27.6 Å². The van der Waals surface area contributed by atoms with Gasteiger partial charge < -0.3 is 10.1 Å². The highest BCUT2D eigenvalue weighted by atomic mass is 32.2. The van der Waals surface area contributed by atoms with Crippen LogP contribution in [-0.2, 0) is 10.0 Å². The summed E-state index contributed by atoms with van der Waals surface area (Å²) >= 11 is 1.54. The zero-order chi connectivity index (χ0) is 24.3. The number of imidazole rings is 1. The number of aromatic nitrogens is 4. The van der Waals surface area contributed by atoms with E-state index < -0.39 is 10.0 Å². The van der Waals surface area contributed by atoms with Crippen LogP contribution in [0, 0.1) is 0 Å². The number of anilines is 1. The predicted molar refractivity (Wildman–Crippen MR) is 136 cm³/mol. The van der Waals surface area contributed by atoms with E-state index in [-0.39, 0.29) is 11.4 Å². The zero-order valence-corrected chi connectivity index (χ0v) is 20.4. The first-order valence-corrected chi connectivity index (χ1v) is 13.1. The van der Waals surface area contributed by atoms with Crippen molar-refractivity contribution in [1.82, 2.24) is 24.1 Å². The van der Waals surface area contributed by atoms with Crippen molar-refractivity contribution in [3.8, 4) is 28.4 Å². The second kappa shape index (κ2) is 9.82. The van der Waals surface area contributed by atoms with Crippen LogP contribution in [0.1, 0.15) is 0 Å². The highest BCUT2D eigenvalue weighted by molar-refractivity contribution is 7.89. The van der Waals surface area contributed by atoms with Crippen molar-refractivity contribution in [2.45, 2.75) is 4.90 Å². The van der Waals surface area contributed by atoms with Gasteiger partial charge in [0.1, 0.15) is 11.4 Å². The molecular formula is C24H22N6O3S2. The van der Waals surface area contributed by atoms with Gasteiger partial charge in [0.15, 0.2) is 4.96 Å². The van der Waals surface area contributed by atoms with Crippen LogP contribution in [0.2, 0.25) is 0 Å². The Morgan fingerprint density at radius 3 is 2.71 bits per heavy atom. The molecule has 3 heterocycles. The van der Waals surface area contributed by atoms with Crippen molar-refractivity contribution in [3.63, 3.8) is 0 Å². The number of hydrogen-bond acceptors (Lipinski definition) is 8. The first-order valence-electron chi connectivity index (χ1n) is 10.8. The molecule has 5 rings (SSSR count). The summed E-state index contributed by atoms with van der Waals surface area (Å²) in [6.45, 7) is 0.500. The van der Waals surface area contributed by atoms with Gasteiger partial charge in [-0.05, 0) is 30.3 Å². The monoisotopic (exact) mass is 506 g/mol. The van der Waals surface area contributed by atoms with E-state index in [0.29, 0.717) is 18.2 Å². The normalized spacial score (nSPS) is 11.6. The third kappa shape index (κ3) is 4.87. The maximum absolute atomic E-state index is 12.4. The largest absolute Gasteiger partial charge is 0.497 e. The first kappa shape index (κ1) is 23.0. The molecule has 0 bridgehead atoms. The summed E-state index contributed by atoms with van der Waals surface area (Å²) in [5.74, 6) is 1.14. The lowest BCUT2D eigenvalue weighted by atomic mass is 10.1. The summed E-state index contributed by atoms with van der Waals surface area (Å²) in [6.07, 6.45) is 3.62. The van der Waals surface area contributed by atoms with Gasteiger partial charge in [0.05, 0.1) is 23.4 Å². The van der Waals surface area contributed by atoms with E-state index in [4.69, 9.17) is 9.72 Å². The fraction of sp³-hybridized carbons (Fsp3) is 0.125. The molecule has 0 aliphatic rings. The Morgan fingerprint density at radius 1 is 1.03 bits per heavy atom. The molecule has 9 nitrogen and oxygen atoms in total. The molecule has 0 unspecified atom stereocenters. The maximum Gasteiger partial charge on any atom is 0.240 e. The van der Waals surface area contributed by atoms with Crippen molar-refractivity contribution in [1.29, 1.82) is 0 Å². The highest BCUT2D eigenvalue weighted by Gasteiger charge is 2.19. The summed E-state index contributed by atoms with van der Waals surface area (Å²) < 4.78 is 34.7. The van der Waals surface area contributed by atoms with Crippen molar-refractivity contribution in [3.05, 3.63) is 78.4 Å². The molecule has 0 spiro atoms. The minimum Gasteiger partial charge on any atom is -0.497 e. The molecule has 3 aromatic heterocycles. The van der Waals surface area contributed by atoms with Gasteiger partial charge >= 0.3 is 0 Å². The summed E-state index contributed by atoms with van der Waals surface area (Å²) in [4.78, 5) is 14.9. The summed E-state index contributed by atoms with van der Waals surface area (Å²) in [7, 11) is -1.94. The van der Waals surface area contributed by atoms with E-state index in [1.54, 1.807) is 43.6 Å². The number of benzene rings is 2. The number of hydrogen-bond donors (Lipinski definition) is 2. The first-order chi connectivity index (χ1) is 17.0. The van der Waals surface area contributed by atoms with Crippen molar-refractivity contribution in [2.24, 2.45) is 0 Å². The second-order valence-corrected chi connectivity index (χ2v) is 10.1. The van der Waals surface area contributed by atoms with E-state index in [1.807, 2.05) is 46.3 Å². The molecule has 0 saturated heterocycles. The Labute approximate surface area is 206 Å². The number of sulfonamides is 1. The van der Waals surface area contributed by atoms with Gasteiger partial charge in [-0.15, -0.1) is 11.3 Å². The Hall–Kier alpha value is -3.80. The Bertz CT molecular complexity index is 1560. The molecule has 0 radical (unpaired) electrons. The lowest BCUT2D eigenvalue weighted by Gasteiger charge is -2.09. The smallest absolute Gasteiger partial charge is 0.240 e. The second-order valence-electron chi connectivity index (χ2n) is 7.50. The molecular weight excluding hydrogens is 484 g/mol. The predicted octanol–water partition coefficient (Wildman–Crippen LogP) is 3.92. The van der Waals surface area contributed by atoms with Gasteiger partial charge in [0, 0.05) is 36.4 Å². The highest BCUT2D eigenvalue weighted by Crippen LogP contribution is 2.34. The summed E-state index contributed by atoms with van der Waals surface area (Å²) in [6, 6.07) is 17.8. The lowest BCUT2D eigenvalue weighted by molar-refractivity contribution is 0.415. The van der Waals surface area contributed by atoms with Gasteiger partial charge in [-0.3, -0.25) is 4.40 Å². The van der Waals surface area contributed by atoms with E-state index in [1.165, 1.54) is 11.3 Å². The average molecular weight is 507 g/mol. The molecule has 35 heavy (non-hydrogen) atoms. The average Bonchev–Trinajstić information content (AvgIpc) is 3.49. The van der Waals surface area contributed by atoms with Crippen LogP contribution >= 0.6 is 11.3 Å². The maximum atomic E-state index is 12.4. The quantitative estimate of drug-likeness (QED) is 0.292. The zero-order valence-electron chi connectivity index (χ0n) is 18.7. The lowest BCUT2D eigenvalue weighted by Crippen LogP contribution is -2.29. The topological polar surface area (TPSA) is 111 Å². The Balaban J connectivity index is 1.36. The number of methoxy groups -OCH3 is 1. The molecule has 2 aromatic carbocycles. The Kier molecular flexibility index (Phi) is 6.45. The van der Waals surface area contributed by atoms with Gasteiger partial charge in [-0.25, -0.2) is 28.1 Å². The fourth-order valence-electron chi connectivity index (χ4n) is 3.62. The van der Waals surface area contributed by atoms with Crippen LogP contribution in [0.4, 0.5) is 5.95 Å². The SMILES string of the molecule is COc1cccc(-c2nc3sccn3c2-c2ccnc(NCCNS(=O)(=O)c3ccccc3)n2)c1. The molecule has 0 aliphatic carbocycles. The standard InChI is InChI=1S/C24H22N6O3S2/c1-33-18-7-5-6-17(16-18)21-22(30-14-15-34-24(30)29-21)20-10-11-25-23(28-20)26-12-13-27-35(31,32)19-8-3-2-4-9-19/h2-11,14-16,27H,12-13H2,1H3,(H,25,26,28). The molecule has 11 heteroatoms. The van der Waals surface area contributed by atoms with Gasteiger partial charge in [-0.2, -0.15) is 0 Å². The molecule has 0 aliphatic heterocycles. The third-order valence-electron chi connectivity index (χ3n) is 5.26. The van der Waals surface area contributed by atoms with E-state index in [0.717, 1.165) is 27.7 Å². The number of rotatable bonds is 9. The molecule has 0 saturated carbocycles. The van der Waals surface area contributed by atoms with Gasteiger partial charge in [0.2, 0.25) is 16.0 Å². The summed E-state index contributed by atoms with van der Waals surface area (Å²) in [5.41, 5.74) is 3.23. The van der Waals surface area contributed by atoms with Gasteiger partial charge in [0.25, 0.3) is 0 Å². The molecule has 2 N–H and O–H groups in total. The number of fused-ring (bicyclic) bond motifs is 1. The van der Waals surface area contributed by atoms with Crippen molar-refractivity contribution < 1.29 is 13.2 Å². The van der Waals surface area contributed by atoms with Gasteiger partial charge in [-0.1, -0.05) is 30.3 Å². The molecule has 0 atom stereocenters. The number of ether oxygens (including phenoxy) is 1. The number of thiazole rings is 1. The van der Waals surface area contributed by atoms with E-state index in [2.05, 4.69) is 20.0 Å². The Morgan fingerprint density at radius 2 is 1.89 bits per heavy atom. The van der Waals surface area contributed by atoms with E-state index >= 15 is 0 Å². The van der Waals surface area contributed by atoms with Crippen LogP contribution < -0.4 is 14.8 Å². The van der Waals surface area contributed by atoms with Crippen LogP contribution in [0.15, 0.2) is 83.3 Å². The third-order valence-corrected chi connectivity index (χ3v) is 7.49. The van der Waals surface area contributed by atoms with Crippen molar-refractivity contribution >= 4 is 32.3 Å². The minimum atomic E-state index is -3.57. The van der Waals surface area contributed by atoms with Crippen molar-refractivity contribution in [2.75, 3.05) is 25.5 Å². The number of nitrogens with zero attached hydrogens (tertiary/aromatic N) is 4. The number of nitrogens with one attached hydrogen (secondary N) is 2. The van der Waals surface area contributed by atoms with Crippen LogP contribution in [0.3, 0.4) is 0 Å². The minimum absolute atomic E-state index is 0.182. The molecule has 5 aromatic rings.